The number of hydrogen-bond acceptors (Lipinski definition) is 3. The van der Waals surface area contributed by atoms with E-state index in [9.17, 15) is 4.79 Å². The first-order valence-corrected chi connectivity index (χ1v) is 7.37. The van der Waals surface area contributed by atoms with E-state index in [1.54, 1.807) is 4.90 Å². The third kappa shape index (κ3) is 3.61. The molecule has 1 aromatic carbocycles. The predicted octanol–water partition coefficient (Wildman–Crippen LogP) is 3.98. The quantitative estimate of drug-likeness (QED) is 0.653. The van der Waals surface area contributed by atoms with Crippen LogP contribution in [0.4, 0.5) is 10.5 Å². The molecule has 0 aliphatic carbocycles. The van der Waals surface area contributed by atoms with Crippen molar-refractivity contribution in [3.8, 4) is 0 Å². The minimum absolute atomic E-state index is 0.261. The highest BCUT2D eigenvalue weighted by Gasteiger charge is 2.36. The van der Waals surface area contributed by atoms with Gasteiger partial charge < -0.3 is 0 Å². The molecule has 1 fully saturated rings. The summed E-state index contributed by atoms with van der Waals surface area (Å²) in [6.07, 6.45) is 0. The normalized spacial score (nSPS) is 16.4. The Morgan fingerprint density at radius 2 is 2.00 bits per heavy atom. The van der Waals surface area contributed by atoms with Gasteiger partial charge in [-0.15, -0.1) is 0 Å². The van der Waals surface area contributed by atoms with E-state index in [4.69, 9.17) is 34.8 Å². The van der Waals surface area contributed by atoms with Crippen LogP contribution in [0.25, 0.3) is 0 Å². The van der Waals surface area contributed by atoms with E-state index in [1.165, 1.54) is 4.41 Å². The van der Waals surface area contributed by atoms with Gasteiger partial charge in [-0.1, -0.05) is 52.5 Å². The number of rotatable bonds is 2. The number of nitrogens with one attached hydrogen (secondary N) is 1. The van der Waals surface area contributed by atoms with E-state index < -0.39 is 3.12 Å². The maximum Gasteiger partial charge on any atom is 0.350 e. The summed E-state index contributed by atoms with van der Waals surface area (Å²) in [4.78, 5) is 13.8. The van der Waals surface area contributed by atoms with Gasteiger partial charge in [0.1, 0.15) is 0 Å². The van der Waals surface area contributed by atoms with Crippen LogP contribution < -0.4 is 10.3 Å². The number of hydrogen-bond donors (Lipinski definition) is 1. The largest absolute Gasteiger partial charge is 0.350 e. The van der Waals surface area contributed by atoms with Gasteiger partial charge in [0.15, 0.2) is 0 Å². The number of amides is 2. The third-order valence-electron chi connectivity index (χ3n) is 2.61. The van der Waals surface area contributed by atoms with Crippen LogP contribution in [0.5, 0.6) is 0 Å². The number of hydrazine groups is 1. The maximum atomic E-state index is 12.2. The highest BCUT2D eigenvalue weighted by atomic mass is 35.6. The third-order valence-corrected chi connectivity index (χ3v) is 3.91. The fourth-order valence-corrected chi connectivity index (χ4v) is 2.98. The summed E-state index contributed by atoms with van der Waals surface area (Å²) in [5, 5.41) is 0. The van der Waals surface area contributed by atoms with Gasteiger partial charge >= 0.3 is 6.03 Å². The van der Waals surface area contributed by atoms with E-state index in [-0.39, 0.29) is 6.03 Å². The fraction of sp³-hybridized carbons (Fsp3) is 0.364. The monoisotopic (exact) mass is 339 g/mol. The molecule has 1 aromatic rings. The van der Waals surface area contributed by atoms with E-state index in [2.05, 4.69) is 5.43 Å². The van der Waals surface area contributed by atoms with Gasteiger partial charge in [-0.2, -0.15) is 9.84 Å². The lowest BCUT2D eigenvalue weighted by Crippen LogP contribution is -2.31. The van der Waals surface area contributed by atoms with Crippen LogP contribution in [0.1, 0.15) is 11.1 Å². The first-order valence-electron chi connectivity index (χ1n) is 5.46. The number of alkyl halides is 3. The summed E-state index contributed by atoms with van der Waals surface area (Å²) in [5.74, 6) is 0. The molecule has 0 unspecified atom stereocenters. The summed E-state index contributed by atoms with van der Waals surface area (Å²) in [6, 6.07) is 5.63. The molecule has 1 saturated heterocycles. The van der Waals surface area contributed by atoms with Crippen molar-refractivity contribution >= 4 is 58.5 Å². The molecule has 19 heavy (non-hydrogen) atoms. The van der Waals surface area contributed by atoms with E-state index in [1.807, 2.05) is 32.0 Å². The predicted molar refractivity (Wildman–Crippen MR) is 81.5 cm³/mol. The van der Waals surface area contributed by atoms with Gasteiger partial charge in [-0.25, -0.2) is 4.79 Å². The zero-order chi connectivity index (χ0) is 14.2. The Hall–Kier alpha value is -0.330. The SMILES string of the molecule is Cc1ccc(N2CNN(SC(Cl)(Cl)Cl)C2=O)c(C)c1. The van der Waals surface area contributed by atoms with Crippen molar-refractivity contribution in [2.75, 3.05) is 11.6 Å². The number of benzene rings is 1. The average molecular weight is 341 g/mol. The summed E-state index contributed by atoms with van der Waals surface area (Å²) in [5.41, 5.74) is 5.89. The number of halogens is 3. The topological polar surface area (TPSA) is 35.6 Å². The van der Waals surface area contributed by atoms with Crippen molar-refractivity contribution in [2.24, 2.45) is 0 Å². The summed E-state index contributed by atoms with van der Waals surface area (Å²) >= 11 is 17.8. The molecule has 1 aliphatic rings. The van der Waals surface area contributed by atoms with Crippen molar-refractivity contribution in [1.82, 2.24) is 9.84 Å². The van der Waals surface area contributed by atoms with Crippen LogP contribution in [0.3, 0.4) is 0 Å². The zero-order valence-electron chi connectivity index (χ0n) is 10.3. The molecule has 1 heterocycles. The molecule has 0 aromatic heterocycles. The average Bonchev–Trinajstić information content (AvgIpc) is 2.59. The van der Waals surface area contributed by atoms with Crippen LogP contribution in [0.15, 0.2) is 18.2 Å². The lowest BCUT2D eigenvalue weighted by molar-refractivity contribution is 0.236. The number of carbonyl (C=O) groups excluding carboxylic acids is 1. The lowest BCUT2D eigenvalue weighted by Gasteiger charge is -2.20. The van der Waals surface area contributed by atoms with Crippen LogP contribution in [-0.4, -0.2) is 20.2 Å². The molecular formula is C11H12Cl3N3OS. The van der Waals surface area contributed by atoms with Crippen LogP contribution in [0.2, 0.25) is 0 Å². The Morgan fingerprint density at radius 3 is 2.58 bits per heavy atom. The minimum Gasteiger partial charge on any atom is -0.277 e. The van der Waals surface area contributed by atoms with E-state index in [0.717, 1.165) is 28.8 Å². The molecule has 2 rings (SSSR count). The second-order valence-electron chi connectivity index (χ2n) is 4.15. The van der Waals surface area contributed by atoms with Crippen LogP contribution in [-0.2, 0) is 0 Å². The molecule has 0 bridgehead atoms. The van der Waals surface area contributed by atoms with Crippen LogP contribution in [0, 0.1) is 13.8 Å². The first-order chi connectivity index (χ1) is 8.78. The molecule has 0 saturated carbocycles. The maximum absolute atomic E-state index is 12.2. The molecule has 1 N–H and O–H groups in total. The minimum atomic E-state index is -1.58. The summed E-state index contributed by atoms with van der Waals surface area (Å²) < 4.78 is -0.354. The van der Waals surface area contributed by atoms with Crippen LogP contribution >= 0.6 is 46.8 Å². The van der Waals surface area contributed by atoms with E-state index in [0.29, 0.717) is 6.67 Å². The van der Waals surface area contributed by atoms with Gasteiger partial charge in [0.2, 0.25) is 0 Å². The van der Waals surface area contributed by atoms with E-state index >= 15 is 0 Å². The number of anilines is 1. The Balaban J connectivity index is 2.18. The molecule has 2 amide bonds. The Morgan fingerprint density at radius 1 is 1.32 bits per heavy atom. The number of urea groups is 1. The number of carbonyl (C=O) groups is 1. The van der Waals surface area contributed by atoms with Gasteiger partial charge in [0, 0.05) is 17.6 Å². The molecule has 0 radical (unpaired) electrons. The molecule has 0 atom stereocenters. The fourth-order valence-electron chi connectivity index (χ4n) is 1.85. The molecule has 0 spiro atoms. The second kappa shape index (κ2) is 5.58. The smallest absolute Gasteiger partial charge is 0.277 e. The second-order valence-corrected chi connectivity index (χ2v) is 8.26. The highest BCUT2D eigenvalue weighted by molar-refractivity contribution is 8.03. The standard InChI is InChI=1S/C11H12Cl3N3OS/c1-7-3-4-9(8(2)5-7)16-6-15-17(10(16)18)19-11(12,13)14/h3-5,15H,6H2,1-2H3. The summed E-state index contributed by atoms with van der Waals surface area (Å²) in [7, 11) is 0. The molecule has 4 nitrogen and oxygen atoms in total. The Labute approximate surface area is 131 Å². The molecular weight excluding hydrogens is 329 g/mol. The molecule has 1 aliphatic heterocycles. The zero-order valence-corrected chi connectivity index (χ0v) is 13.4. The molecule has 104 valence electrons. The molecule has 8 heteroatoms. The number of nitrogens with zero attached hydrogens (tertiary/aromatic N) is 2. The number of aryl methyl sites for hydroxylation is 2. The van der Waals surface area contributed by atoms with Gasteiger partial charge in [-0.05, 0) is 25.5 Å². The highest BCUT2D eigenvalue weighted by Crippen LogP contribution is 2.41. The van der Waals surface area contributed by atoms with Crippen molar-refractivity contribution in [2.45, 2.75) is 17.0 Å². The van der Waals surface area contributed by atoms with Gasteiger partial charge in [-0.3, -0.25) is 4.90 Å². The van der Waals surface area contributed by atoms with Crippen molar-refractivity contribution in [3.05, 3.63) is 29.3 Å². The lowest BCUT2D eigenvalue weighted by atomic mass is 10.1. The Bertz CT molecular complexity index is 506. The van der Waals surface area contributed by atoms with Crippen molar-refractivity contribution in [3.63, 3.8) is 0 Å². The Kier molecular flexibility index (Phi) is 4.42. The first kappa shape index (κ1) is 15.1. The van der Waals surface area contributed by atoms with Crippen molar-refractivity contribution in [1.29, 1.82) is 0 Å². The van der Waals surface area contributed by atoms with Crippen molar-refractivity contribution < 1.29 is 4.79 Å². The summed E-state index contributed by atoms with van der Waals surface area (Å²) in [6.45, 7) is 4.31. The van der Waals surface area contributed by atoms with Gasteiger partial charge in [0.25, 0.3) is 3.12 Å². The van der Waals surface area contributed by atoms with Gasteiger partial charge in [0.05, 0.1) is 6.67 Å².